The molecule has 1 fully saturated rings. The van der Waals surface area contributed by atoms with Gasteiger partial charge in [0.2, 0.25) is 5.91 Å². The minimum absolute atomic E-state index is 0.0215. The van der Waals surface area contributed by atoms with Gasteiger partial charge in [-0.3, -0.25) is 10.1 Å². The van der Waals surface area contributed by atoms with Crippen molar-refractivity contribution in [3.05, 3.63) is 11.1 Å². The van der Waals surface area contributed by atoms with Crippen LogP contribution in [0.5, 0.6) is 0 Å². The van der Waals surface area contributed by atoms with Gasteiger partial charge in [0, 0.05) is 11.4 Å². The molecule has 0 bridgehead atoms. The van der Waals surface area contributed by atoms with E-state index in [9.17, 15) is 9.59 Å². The van der Waals surface area contributed by atoms with E-state index in [0.717, 1.165) is 12.8 Å². The largest absolute Gasteiger partial charge is 0.449 e. The number of nitrogens with one attached hydrogen (secondary N) is 2. The second-order valence-electron chi connectivity index (χ2n) is 5.28. The third-order valence-corrected chi connectivity index (χ3v) is 3.40. The average molecular weight is 297 g/mol. The molecule has 0 unspecified atom stereocenters. The van der Waals surface area contributed by atoms with Crippen LogP contribution in [0, 0.1) is 5.92 Å². The standard InChI is InChI=1S/C13H19N3O3S/c1-8(2)6-19-13(18)16-12-15-10(7-20-12)5-11(17)14-9-3-4-9/h7-9H,3-6H2,1-2H3,(H,14,17)(H,15,16,18). The maximum atomic E-state index is 11.6. The number of thiazole rings is 1. The van der Waals surface area contributed by atoms with Crippen molar-refractivity contribution in [2.24, 2.45) is 5.92 Å². The van der Waals surface area contributed by atoms with E-state index >= 15 is 0 Å². The van der Waals surface area contributed by atoms with Gasteiger partial charge in [0.1, 0.15) is 0 Å². The first-order chi connectivity index (χ1) is 9.52. The van der Waals surface area contributed by atoms with E-state index in [-0.39, 0.29) is 12.3 Å². The Labute approximate surface area is 121 Å². The van der Waals surface area contributed by atoms with E-state index in [1.165, 1.54) is 11.3 Å². The number of carbonyl (C=O) groups excluding carboxylic acids is 2. The highest BCUT2D eigenvalue weighted by molar-refractivity contribution is 7.13. The summed E-state index contributed by atoms with van der Waals surface area (Å²) in [5, 5.41) is 7.68. The summed E-state index contributed by atoms with van der Waals surface area (Å²) in [5.41, 5.74) is 0.660. The van der Waals surface area contributed by atoms with Crippen LogP contribution in [-0.2, 0) is 16.0 Å². The predicted octanol–water partition coefficient (Wildman–Crippen LogP) is 2.17. The third-order valence-electron chi connectivity index (χ3n) is 2.59. The highest BCUT2D eigenvalue weighted by Crippen LogP contribution is 2.20. The molecule has 1 heterocycles. The Kier molecular flexibility index (Phi) is 4.94. The predicted molar refractivity (Wildman–Crippen MR) is 76.8 cm³/mol. The number of anilines is 1. The Morgan fingerprint density at radius 2 is 2.25 bits per heavy atom. The minimum atomic E-state index is -0.512. The summed E-state index contributed by atoms with van der Waals surface area (Å²) in [6, 6.07) is 0.352. The molecule has 110 valence electrons. The van der Waals surface area contributed by atoms with E-state index in [1.807, 2.05) is 13.8 Å². The molecule has 0 saturated heterocycles. The molecule has 1 aromatic rings. The summed E-state index contributed by atoms with van der Waals surface area (Å²) < 4.78 is 5.00. The molecule has 0 spiro atoms. The fourth-order valence-electron chi connectivity index (χ4n) is 1.48. The Morgan fingerprint density at radius 1 is 1.50 bits per heavy atom. The molecular weight excluding hydrogens is 278 g/mol. The van der Waals surface area contributed by atoms with E-state index in [2.05, 4.69) is 15.6 Å². The Bertz CT molecular complexity index is 483. The molecule has 0 radical (unpaired) electrons. The number of hydrogen-bond acceptors (Lipinski definition) is 5. The number of aromatic nitrogens is 1. The molecule has 2 rings (SSSR count). The smallest absolute Gasteiger partial charge is 0.413 e. The molecular formula is C13H19N3O3S. The van der Waals surface area contributed by atoms with Crippen molar-refractivity contribution in [3.63, 3.8) is 0 Å². The molecule has 1 aliphatic rings. The number of hydrogen-bond donors (Lipinski definition) is 2. The van der Waals surface area contributed by atoms with Gasteiger partial charge in [-0.1, -0.05) is 13.8 Å². The van der Waals surface area contributed by atoms with Crippen LogP contribution < -0.4 is 10.6 Å². The number of rotatable bonds is 6. The van der Waals surface area contributed by atoms with Crippen LogP contribution in [0.25, 0.3) is 0 Å². The van der Waals surface area contributed by atoms with Crippen molar-refractivity contribution in [1.82, 2.24) is 10.3 Å². The first-order valence-corrected chi connectivity index (χ1v) is 7.58. The molecule has 1 saturated carbocycles. The molecule has 1 aliphatic carbocycles. The molecule has 0 aromatic carbocycles. The Morgan fingerprint density at radius 3 is 2.90 bits per heavy atom. The highest BCUT2D eigenvalue weighted by atomic mass is 32.1. The topological polar surface area (TPSA) is 80.3 Å². The van der Waals surface area contributed by atoms with Crippen molar-refractivity contribution in [3.8, 4) is 0 Å². The lowest BCUT2D eigenvalue weighted by molar-refractivity contribution is -0.120. The van der Waals surface area contributed by atoms with Crippen LogP contribution in [0.1, 0.15) is 32.4 Å². The summed E-state index contributed by atoms with van der Waals surface area (Å²) in [6.45, 7) is 4.30. The third kappa shape index (κ3) is 5.16. The van der Waals surface area contributed by atoms with E-state index in [0.29, 0.717) is 29.4 Å². The van der Waals surface area contributed by atoms with E-state index in [1.54, 1.807) is 5.38 Å². The van der Waals surface area contributed by atoms with Gasteiger partial charge < -0.3 is 10.1 Å². The lowest BCUT2D eigenvalue weighted by Crippen LogP contribution is -2.27. The van der Waals surface area contributed by atoms with E-state index in [4.69, 9.17) is 4.74 Å². The summed E-state index contributed by atoms with van der Waals surface area (Å²) in [4.78, 5) is 27.3. The Balaban J connectivity index is 1.76. The number of amides is 2. The highest BCUT2D eigenvalue weighted by Gasteiger charge is 2.23. The second-order valence-corrected chi connectivity index (χ2v) is 6.14. The van der Waals surface area contributed by atoms with Crippen LogP contribution in [0.4, 0.5) is 9.93 Å². The van der Waals surface area contributed by atoms with Crippen molar-refractivity contribution >= 4 is 28.5 Å². The maximum Gasteiger partial charge on any atom is 0.413 e. The van der Waals surface area contributed by atoms with Crippen molar-refractivity contribution in [2.45, 2.75) is 39.2 Å². The molecule has 1 aromatic heterocycles. The number of carbonyl (C=O) groups is 2. The van der Waals surface area contributed by atoms with Crippen LogP contribution in [0.15, 0.2) is 5.38 Å². The molecule has 0 atom stereocenters. The van der Waals surface area contributed by atoms with Gasteiger partial charge >= 0.3 is 6.09 Å². The number of ether oxygens (including phenoxy) is 1. The van der Waals surface area contributed by atoms with Crippen LogP contribution >= 0.6 is 11.3 Å². The summed E-state index contributed by atoms with van der Waals surface area (Å²) in [7, 11) is 0. The molecule has 0 aliphatic heterocycles. The van der Waals surface area contributed by atoms with Gasteiger partial charge in [-0.2, -0.15) is 0 Å². The van der Waals surface area contributed by atoms with Crippen molar-refractivity contribution in [1.29, 1.82) is 0 Å². The fraction of sp³-hybridized carbons (Fsp3) is 0.615. The molecule has 7 heteroatoms. The fourth-order valence-corrected chi connectivity index (χ4v) is 2.18. The van der Waals surface area contributed by atoms with Gasteiger partial charge in [0.15, 0.2) is 5.13 Å². The SMILES string of the molecule is CC(C)COC(=O)Nc1nc(CC(=O)NC2CC2)cs1. The number of nitrogens with zero attached hydrogens (tertiary/aromatic N) is 1. The zero-order valence-electron chi connectivity index (χ0n) is 11.6. The lowest BCUT2D eigenvalue weighted by atomic mass is 10.2. The van der Waals surface area contributed by atoms with Gasteiger partial charge in [0.25, 0.3) is 0 Å². The van der Waals surface area contributed by atoms with Crippen LogP contribution in [0.2, 0.25) is 0 Å². The normalized spacial score (nSPS) is 14.2. The van der Waals surface area contributed by atoms with Crippen LogP contribution in [-0.4, -0.2) is 29.6 Å². The lowest BCUT2D eigenvalue weighted by Gasteiger charge is -2.06. The van der Waals surface area contributed by atoms with E-state index < -0.39 is 6.09 Å². The minimum Gasteiger partial charge on any atom is -0.449 e. The first kappa shape index (κ1) is 14.8. The van der Waals surface area contributed by atoms with Gasteiger partial charge in [0.05, 0.1) is 18.7 Å². The second kappa shape index (κ2) is 6.69. The van der Waals surface area contributed by atoms with Crippen molar-refractivity contribution in [2.75, 3.05) is 11.9 Å². The summed E-state index contributed by atoms with van der Waals surface area (Å²) in [6.07, 6.45) is 1.87. The van der Waals surface area contributed by atoms with Gasteiger partial charge in [-0.25, -0.2) is 9.78 Å². The molecule has 6 nitrogen and oxygen atoms in total. The maximum absolute atomic E-state index is 11.6. The summed E-state index contributed by atoms with van der Waals surface area (Å²) >= 11 is 1.29. The molecule has 20 heavy (non-hydrogen) atoms. The molecule has 2 amide bonds. The first-order valence-electron chi connectivity index (χ1n) is 6.70. The molecule has 2 N–H and O–H groups in total. The zero-order chi connectivity index (χ0) is 14.5. The average Bonchev–Trinajstić information content (AvgIpc) is 3.07. The van der Waals surface area contributed by atoms with Crippen LogP contribution in [0.3, 0.4) is 0 Å². The quantitative estimate of drug-likeness (QED) is 0.843. The summed E-state index contributed by atoms with van der Waals surface area (Å²) in [5.74, 6) is 0.269. The monoisotopic (exact) mass is 297 g/mol. The van der Waals surface area contributed by atoms with Crippen molar-refractivity contribution < 1.29 is 14.3 Å². The van der Waals surface area contributed by atoms with Gasteiger partial charge in [-0.05, 0) is 18.8 Å². The zero-order valence-corrected chi connectivity index (χ0v) is 12.5. The van der Waals surface area contributed by atoms with Gasteiger partial charge in [-0.15, -0.1) is 11.3 Å². The Hall–Kier alpha value is -1.63.